The summed E-state index contributed by atoms with van der Waals surface area (Å²) in [6, 6.07) is 19.3. The lowest BCUT2D eigenvalue weighted by molar-refractivity contribution is -0.0330. The molecule has 1 N–H and O–H groups in total. The van der Waals surface area contributed by atoms with Gasteiger partial charge >= 0.3 is 6.09 Å². The minimum absolute atomic E-state index is 0.168. The van der Waals surface area contributed by atoms with Crippen molar-refractivity contribution in [2.75, 3.05) is 6.54 Å². The number of benzene rings is 2. The summed E-state index contributed by atoms with van der Waals surface area (Å²) in [5, 5.41) is 10.4. The number of hydrogen-bond donors (Lipinski definition) is 1. The fourth-order valence-electron chi connectivity index (χ4n) is 3.14. The number of carbonyl (C=O) groups is 1. The normalized spacial score (nSPS) is 23.8. The SMILES string of the molecule is C[C@@]1(O)CCN(C(=O)OCc2ccccc2)[C@H](c2ccccc2)C1. The third-order valence-corrected chi connectivity index (χ3v) is 4.52. The second kappa shape index (κ2) is 7.05. The molecule has 1 heterocycles. The number of amides is 1. The maximum Gasteiger partial charge on any atom is 0.410 e. The number of piperidine rings is 1. The third kappa shape index (κ3) is 3.95. The number of nitrogens with zero attached hydrogens (tertiary/aromatic N) is 1. The molecule has 1 aliphatic heterocycles. The van der Waals surface area contributed by atoms with E-state index in [1.165, 1.54) is 0 Å². The molecule has 1 fully saturated rings. The summed E-state index contributed by atoms with van der Waals surface area (Å²) in [5.41, 5.74) is 1.22. The Morgan fingerprint density at radius 1 is 1.17 bits per heavy atom. The Bertz CT molecular complexity index is 670. The lowest BCUT2D eigenvalue weighted by Crippen LogP contribution is -2.47. The highest BCUT2D eigenvalue weighted by Gasteiger charge is 2.38. The molecule has 3 rings (SSSR count). The van der Waals surface area contributed by atoms with E-state index < -0.39 is 5.60 Å². The van der Waals surface area contributed by atoms with Gasteiger partial charge in [-0.3, -0.25) is 0 Å². The molecule has 2 aromatic rings. The zero-order chi connectivity index (χ0) is 17.0. The Morgan fingerprint density at radius 2 is 1.79 bits per heavy atom. The van der Waals surface area contributed by atoms with Crippen LogP contribution < -0.4 is 0 Å². The van der Waals surface area contributed by atoms with Crippen LogP contribution in [0.3, 0.4) is 0 Å². The zero-order valence-corrected chi connectivity index (χ0v) is 13.9. The van der Waals surface area contributed by atoms with Crippen LogP contribution >= 0.6 is 0 Å². The van der Waals surface area contributed by atoms with Gasteiger partial charge in [0, 0.05) is 13.0 Å². The minimum atomic E-state index is -0.767. The van der Waals surface area contributed by atoms with Crippen LogP contribution in [0.25, 0.3) is 0 Å². The van der Waals surface area contributed by atoms with Gasteiger partial charge in [0.1, 0.15) is 6.61 Å². The van der Waals surface area contributed by atoms with E-state index in [0.717, 1.165) is 11.1 Å². The van der Waals surface area contributed by atoms with Crippen molar-refractivity contribution in [2.45, 2.75) is 38.0 Å². The summed E-state index contributed by atoms with van der Waals surface area (Å²) in [4.78, 5) is 14.3. The van der Waals surface area contributed by atoms with Crippen LogP contribution in [0.4, 0.5) is 4.79 Å². The minimum Gasteiger partial charge on any atom is -0.445 e. The van der Waals surface area contributed by atoms with Gasteiger partial charge in [-0.2, -0.15) is 0 Å². The summed E-state index contributed by atoms with van der Waals surface area (Å²) in [7, 11) is 0. The number of likely N-dealkylation sites (tertiary alicyclic amines) is 1. The molecule has 1 aliphatic rings. The first-order valence-electron chi connectivity index (χ1n) is 8.30. The number of carbonyl (C=O) groups excluding carboxylic acids is 1. The molecule has 1 amide bonds. The molecule has 0 aliphatic carbocycles. The van der Waals surface area contributed by atoms with Gasteiger partial charge in [0.25, 0.3) is 0 Å². The van der Waals surface area contributed by atoms with Gasteiger partial charge in [0.2, 0.25) is 0 Å². The summed E-state index contributed by atoms with van der Waals surface area (Å²) >= 11 is 0. The number of hydrogen-bond acceptors (Lipinski definition) is 3. The van der Waals surface area contributed by atoms with Gasteiger partial charge in [-0.1, -0.05) is 60.7 Å². The average Bonchev–Trinajstić information content (AvgIpc) is 2.60. The predicted octanol–water partition coefficient (Wildman–Crippen LogP) is 3.91. The van der Waals surface area contributed by atoms with Crippen LogP contribution in [0.2, 0.25) is 0 Å². The molecule has 1 saturated heterocycles. The lowest BCUT2D eigenvalue weighted by Gasteiger charge is -2.42. The molecule has 4 heteroatoms. The second-order valence-electron chi connectivity index (χ2n) is 6.61. The van der Waals surface area contributed by atoms with E-state index in [4.69, 9.17) is 4.74 Å². The van der Waals surface area contributed by atoms with Gasteiger partial charge in [-0.25, -0.2) is 4.79 Å². The maximum atomic E-state index is 12.6. The number of rotatable bonds is 3. The quantitative estimate of drug-likeness (QED) is 0.931. The van der Waals surface area contributed by atoms with Gasteiger partial charge in [0.05, 0.1) is 11.6 Å². The smallest absolute Gasteiger partial charge is 0.410 e. The Morgan fingerprint density at radius 3 is 2.46 bits per heavy atom. The van der Waals surface area contributed by atoms with Crippen molar-refractivity contribution in [3.05, 3.63) is 71.8 Å². The largest absolute Gasteiger partial charge is 0.445 e. The van der Waals surface area contributed by atoms with Crippen molar-refractivity contribution in [3.63, 3.8) is 0 Å². The van der Waals surface area contributed by atoms with E-state index in [-0.39, 0.29) is 18.7 Å². The number of aliphatic hydroxyl groups is 1. The summed E-state index contributed by atoms with van der Waals surface area (Å²) in [5.74, 6) is 0. The molecule has 0 radical (unpaired) electrons. The predicted molar refractivity (Wildman–Crippen MR) is 92.4 cm³/mol. The summed E-state index contributed by atoms with van der Waals surface area (Å²) in [6.07, 6.45) is 0.733. The molecule has 0 unspecified atom stereocenters. The number of ether oxygens (including phenoxy) is 1. The van der Waals surface area contributed by atoms with E-state index >= 15 is 0 Å². The van der Waals surface area contributed by atoms with Crippen molar-refractivity contribution in [1.82, 2.24) is 4.90 Å². The molecule has 4 nitrogen and oxygen atoms in total. The Labute approximate surface area is 142 Å². The molecule has 0 spiro atoms. The monoisotopic (exact) mass is 325 g/mol. The average molecular weight is 325 g/mol. The standard InChI is InChI=1S/C20H23NO3/c1-20(23)12-13-21(18(14-20)17-10-6-3-7-11-17)19(22)24-15-16-8-4-2-5-9-16/h2-11,18,23H,12-15H2,1H3/t18-,20+/m0/s1. The van der Waals surface area contributed by atoms with Crippen molar-refractivity contribution >= 4 is 6.09 Å². The second-order valence-corrected chi connectivity index (χ2v) is 6.61. The molecule has 24 heavy (non-hydrogen) atoms. The third-order valence-electron chi connectivity index (χ3n) is 4.52. The molecule has 2 atom stereocenters. The highest BCUT2D eigenvalue weighted by molar-refractivity contribution is 5.68. The van der Waals surface area contributed by atoms with E-state index in [1.54, 1.807) is 4.90 Å². The zero-order valence-electron chi connectivity index (χ0n) is 13.9. The fourth-order valence-corrected chi connectivity index (χ4v) is 3.14. The van der Waals surface area contributed by atoms with E-state index in [9.17, 15) is 9.90 Å². The van der Waals surface area contributed by atoms with Gasteiger partial charge < -0.3 is 14.7 Å². The van der Waals surface area contributed by atoms with Crippen LogP contribution in [0.15, 0.2) is 60.7 Å². The van der Waals surface area contributed by atoms with Crippen LogP contribution in [0.5, 0.6) is 0 Å². The Hall–Kier alpha value is -2.33. The molecule has 0 aromatic heterocycles. The van der Waals surface area contributed by atoms with Gasteiger partial charge in [-0.05, 0) is 24.5 Å². The van der Waals surface area contributed by atoms with E-state index in [2.05, 4.69) is 0 Å². The molecular formula is C20H23NO3. The van der Waals surface area contributed by atoms with E-state index in [1.807, 2.05) is 67.6 Å². The molecular weight excluding hydrogens is 302 g/mol. The highest BCUT2D eigenvalue weighted by Crippen LogP contribution is 2.36. The first-order valence-corrected chi connectivity index (χ1v) is 8.30. The van der Waals surface area contributed by atoms with Crippen LogP contribution in [-0.4, -0.2) is 28.2 Å². The topological polar surface area (TPSA) is 49.8 Å². The fraction of sp³-hybridized carbons (Fsp3) is 0.350. The maximum absolute atomic E-state index is 12.6. The van der Waals surface area contributed by atoms with Crippen LogP contribution in [-0.2, 0) is 11.3 Å². The molecule has 2 aromatic carbocycles. The highest BCUT2D eigenvalue weighted by atomic mass is 16.6. The molecule has 0 bridgehead atoms. The van der Waals surface area contributed by atoms with E-state index in [0.29, 0.717) is 19.4 Å². The lowest BCUT2D eigenvalue weighted by atomic mass is 9.85. The molecule has 126 valence electrons. The van der Waals surface area contributed by atoms with Crippen molar-refractivity contribution < 1.29 is 14.6 Å². The van der Waals surface area contributed by atoms with Crippen molar-refractivity contribution in [3.8, 4) is 0 Å². The van der Waals surface area contributed by atoms with Gasteiger partial charge in [-0.15, -0.1) is 0 Å². The Balaban J connectivity index is 1.73. The van der Waals surface area contributed by atoms with Crippen LogP contribution in [0, 0.1) is 0 Å². The first kappa shape index (κ1) is 16.5. The first-order chi connectivity index (χ1) is 11.6. The van der Waals surface area contributed by atoms with Crippen molar-refractivity contribution in [1.29, 1.82) is 0 Å². The molecule has 0 saturated carbocycles. The summed E-state index contributed by atoms with van der Waals surface area (Å²) < 4.78 is 5.49. The van der Waals surface area contributed by atoms with Crippen LogP contribution in [0.1, 0.15) is 36.9 Å². The summed E-state index contributed by atoms with van der Waals surface area (Å²) in [6.45, 7) is 2.57. The van der Waals surface area contributed by atoms with Crippen molar-refractivity contribution in [2.24, 2.45) is 0 Å². The Kier molecular flexibility index (Phi) is 4.86. The van der Waals surface area contributed by atoms with Gasteiger partial charge in [0.15, 0.2) is 0 Å².